The molecule has 0 aromatic carbocycles. The van der Waals surface area contributed by atoms with Gasteiger partial charge in [0.2, 0.25) is 0 Å². The average molecular weight is 255 g/mol. The van der Waals surface area contributed by atoms with E-state index in [0.717, 1.165) is 28.2 Å². The lowest BCUT2D eigenvalue weighted by molar-refractivity contribution is 0.383. The van der Waals surface area contributed by atoms with Gasteiger partial charge in [-0.2, -0.15) is 0 Å². The maximum Gasteiger partial charge on any atom is 0.145 e. The summed E-state index contributed by atoms with van der Waals surface area (Å²) in [6, 6.07) is 5.74. The van der Waals surface area contributed by atoms with Crippen molar-refractivity contribution < 1.29 is 4.74 Å². The molecule has 4 nitrogen and oxygen atoms in total. The molecule has 0 radical (unpaired) electrons. The molecule has 2 aromatic heterocycles. The van der Waals surface area contributed by atoms with E-state index in [4.69, 9.17) is 4.74 Å². The molecule has 0 aliphatic carbocycles. The second kappa shape index (κ2) is 5.52. The van der Waals surface area contributed by atoms with Gasteiger partial charge in [-0.1, -0.05) is 6.58 Å². The highest BCUT2D eigenvalue weighted by Gasteiger charge is 2.05. The van der Waals surface area contributed by atoms with Crippen molar-refractivity contribution in [1.29, 1.82) is 0 Å². The summed E-state index contributed by atoms with van der Waals surface area (Å²) < 4.78 is 5.56. The van der Waals surface area contributed by atoms with Crippen LogP contribution in [0, 0.1) is 0 Å². The zero-order valence-electron chi connectivity index (χ0n) is 11.4. The van der Waals surface area contributed by atoms with E-state index >= 15 is 0 Å². The third-order valence-corrected chi connectivity index (χ3v) is 2.81. The van der Waals surface area contributed by atoms with Gasteiger partial charge >= 0.3 is 0 Å². The van der Waals surface area contributed by atoms with E-state index in [0.29, 0.717) is 5.76 Å². The van der Waals surface area contributed by atoms with E-state index < -0.39 is 0 Å². The van der Waals surface area contributed by atoms with Crippen LogP contribution in [0.15, 0.2) is 42.8 Å². The minimum atomic E-state index is 0.542. The normalized spacial score (nSPS) is 11.4. The van der Waals surface area contributed by atoms with E-state index in [-0.39, 0.29) is 0 Å². The summed E-state index contributed by atoms with van der Waals surface area (Å²) >= 11 is 0. The van der Waals surface area contributed by atoms with Crippen molar-refractivity contribution in [2.45, 2.75) is 13.8 Å². The van der Waals surface area contributed by atoms with Crippen LogP contribution in [-0.4, -0.2) is 17.0 Å². The van der Waals surface area contributed by atoms with Gasteiger partial charge in [0.05, 0.1) is 11.3 Å². The van der Waals surface area contributed by atoms with Crippen LogP contribution in [0.4, 0.5) is 5.82 Å². The molecule has 0 atom stereocenters. The Morgan fingerprint density at radius 3 is 2.89 bits per heavy atom. The Bertz CT molecular complexity index is 647. The Kier molecular flexibility index (Phi) is 3.80. The van der Waals surface area contributed by atoms with Crippen LogP contribution in [0.5, 0.6) is 0 Å². The van der Waals surface area contributed by atoms with Crippen LogP contribution in [-0.2, 0) is 4.74 Å². The number of aromatic nitrogens is 2. The van der Waals surface area contributed by atoms with E-state index in [1.165, 1.54) is 0 Å². The molecule has 2 aromatic rings. The van der Waals surface area contributed by atoms with Gasteiger partial charge in [-0.05, 0) is 32.1 Å². The smallest absolute Gasteiger partial charge is 0.145 e. The Morgan fingerprint density at radius 1 is 1.42 bits per heavy atom. The van der Waals surface area contributed by atoms with Crippen molar-refractivity contribution in [1.82, 2.24) is 9.97 Å². The molecule has 98 valence electrons. The predicted octanol–water partition coefficient (Wildman–Crippen LogP) is 3.58. The monoisotopic (exact) mass is 255 g/mol. The van der Waals surface area contributed by atoms with Crippen molar-refractivity contribution in [2.24, 2.45) is 0 Å². The lowest BCUT2D eigenvalue weighted by Crippen LogP contribution is -1.95. The Hall–Kier alpha value is -2.36. The highest BCUT2D eigenvalue weighted by Crippen LogP contribution is 2.20. The molecule has 0 unspecified atom stereocenters. The van der Waals surface area contributed by atoms with Gasteiger partial charge in [0, 0.05) is 24.7 Å². The zero-order valence-corrected chi connectivity index (χ0v) is 11.4. The van der Waals surface area contributed by atoms with Gasteiger partial charge in [-0.25, -0.2) is 9.97 Å². The number of fused-ring (bicyclic) bond motifs is 1. The SMILES string of the molecule is C=C(O/C(C)=C/C)c1ccc2cnc(NC)cc2n1. The van der Waals surface area contributed by atoms with Crippen molar-refractivity contribution in [3.05, 3.63) is 48.5 Å². The van der Waals surface area contributed by atoms with Crippen LogP contribution in [0.2, 0.25) is 0 Å². The number of hydrogen-bond donors (Lipinski definition) is 1. The largest absolute Gasteiger partial charge is 0.461 e. The lowest BCUT2D eigenvalue weighted by Gasteiger charge is -2.09. The second-order valence-corrected chi connectivity index (χ2v) is 4.13. The molecule has 0 fully saturated rings. The van der Waals surface area contributed by atoms with Crippen LogP contribution in [0.1, 0.15) is 19.5 Å². The van der Waals surface area contributed by atoms with Crippen molar-refractivity contribution in [3.8, 4) is 0 Å². The van der Waals surface area contributed by atoms with Crippen LogP contribution >= 0.6 is 0 Å². The molecule has 0 bridgehead atoms. The standard InChI is InChI=1S/C15H17N3O/c1-5-10(2)19-11(3)13-7-6-12-9-17-15(16-4)8-14(12)18-13/h5-9H,3H2,1-2,4H3,(H,16,17)/b10-5+. The van der Waals surface area contributed by atoms with Gasteiger partial charge in [-0.3, -0.25) is 0 Å². The fourth-order valence-electron chi connectivity index (χ4n) is 1.61. The molecule has 19 heavy (non-hydrogen) atoms. The van der Waals surface area contributed by atoms with E-state index in [9.17, 15) is 0 Å². The highest BCUT2D eigenvalue weighted by molar-refractivity contribution is 5.81. The molecule has 0 spiro atoms. The first-order valence-electron chi connectivity index (χ1n) is 6.08. The first-order chi connectivity index (χ1) is 9.13. The second-order valence-electron chi connectivity index (χ2n) is 4.13. The van der Waals surface area contributed by atoms with Crippen LogP contribution in [0.3, 0.4) is 0 Å². The first-order valence-corrected chi connectivity index (χ1v) is 6.08. The molecular weight excluding hydrogens is 238 g/mol. The lowest BCUT2D eigenvalue weighted by atomic mass is 10.2. The van der Waals surface area contributed by atoms with Gasteiger partial charge in [0.1, 0.15) is 17.3 Å². The predicted molar refractivity (Wildman–Crippen MR) is 78.6 cm³/mol. The number of nitrogens with zero attached hydrogens (tertiary/aromatic N) is 2. The number of nitrogens with one attached hydrogen (secondary N) is 1. The van der Waals surface area contributed by atoms with Gasteiger partial charge in [0.15, 0.2) is 0 Å². The molecule has 0 aliphatic rings. The summed E-state index contributed by atoms with van der Waals surface area (Å²) in [5.74, 6) is 2.13. The fourth-order valence-corrected chi connectivity index (χ4v) is 1.61. The minimum Gasteiger partial charge on any atom is -0.461 e. The molecule has 1 N–H and O–H groups in total. The van der Waals surface area contributed by atoms with E-state index in [2.05, 4.69) is 21.9 Å². The summed E-state index contributed by atoms with van der Waals surface area (Å²) in [6.07, 6.45) is 3.67. The van der Waals surface area contributed by atoms with Gasteiger partial charge in [0.25, 0.3) is 0 Å². The summed E-state index contributed by atoms with van der Waals surface area (Å²) in [4.78, 5) is 8.79. The molecule has 2 heterocycles. The molecular formula is C15H17N3O. The number of pyridine rings is 2. The van der Waals surface area contributed by atoms with E-state index in [1.807, 2.05) is 45.2 Å². The van der Waals surface area contributed by atoms with E-state index in [1.54, 1.807) is 6.20 Å². The number of rotatable bonds is 4. The number of anilines is 1. The Morgan fingerprint density at radius 2 is 2.21 bits per heavy atom. The van der Waals surface area contributed by atoms with Crippen LogP contribution in [0.25, 0.3) is 16.7 Å². The molecule has 0 saturated heterocycles. The van der Waals surface area contributed by atoms with Crippen LogP contribution < -0.4 is 5.32 Å². The van der Waals surface area contributed by atoms with Crippen molar-refractivity contribution in [2.75, 3.05) is 12.4 Å². The highest BCUT2D eigenvalue weighted by atomic mass is 16.5. The quantitative estimate of drug-likeness (QED) is 0.848. The Balaban J connectivity index is 2.37. The third-order valence-electron chi connectivity index (χ3n) is 2.81. The molecule has 2 rings (SSSR count). The molecule has 0 saturated carbocycles. The van der Waals surface area contributed by atoms with Gasteiger partial charge in [-0.15, -0.1) is 0 Å². The molecule has 0 amide bonds. The summed E-state index contributed by atoms with van der Waals surface area (Å²) in [7, 11) is 1.83. The number of ether oxygens (including phenoxy) is 1. The van der Waals surface area contributed by atoms with Crippen molar-refractivity contribution in [3.63, 3.8) is 0 Å². The van der Waals surface area contributed by atoms with Crippen molar-refractivity contribution >= 4 is 22.5 Å². The number of allylic oxidation sites excluding steroid dienone is 2. The molecule has 0 aliphatic heterocycles. The minimum absolute atomic E-state index is 0.542. The summed E-state index contributed by atoms with van der Waals surface area (Å²) in [5.41, 5.74) is 1.58. The topological polar surface area (TPSA) is 47.0 Å². The maximum absolute atomic E-state index is 5.56. The third kappa shape index (κ3) is 2.91. The Labute approximate surface area is 112 Å². The van der Waals surface area contributed by atoms with Gasteiger partial charge < -0.3 is 10.1 Å². The molecule has 4 heteroatoms. The summed E-state index contributed by atoms with van der Waals surface area (Å²) in [5, 5.41) is 3.98. The fraction of sp³-hybridized carbons (Fsp3) is 0.200. The zero-order chi connectivity index (χ0) is 13.8. The average Bonchev–Trinajstić information content (AvgIpc) is 2.45. The summed E-state index contributed by atoms with van der Waals surface area (Å²) in [6.45, 7) is 7.71. The first kappa shape index (κ1) is 13.1. The maximum atomic E-state index is 5.56. The number of hydrogen-bond acceptors (Lipinski definition) is 4.